The van der Waals surface area contributed by atoms with Crippen molar-refractivity contribution >= 4 is 11.0 Å². The topological polar surface area (TPSA) is 28.4 Å². The maximum Gasteiger partial charge on any atom is 0.136 e. The molecule has 4 aromatic rings. The molecule has 5 rings (SSSR count). The van der Waals surface area contributed by atoms with E-state index in [0.29, 0.717) is 0 Å². The quantitative estimate of drug-likeness (QED) is 0.538. The first-order chi connectivity index (χ1) is 13.9. The zero-order valence-corrected chi connectivity index (χ0v) is 15.9. The number of rotatable bonds is 4. The SMILES string of the molecule is c1ccc(-c2ccccc2-c2cc3ccccc3o2)c(CN2CCNCC2)c1. The summed E-state index contributed by atoms with van der Waals surface area (Å²) in [7, 11) is 0. The van der Waals surface area contributed by atoms with Gasteiger partial charge < -0.3 is 9.73 Å². The largest absolute Gasteiger partial charge is 0.456 e. The molecule has 1 saturated heterocycles. The Morgan fingerprint density at radius 3 is 2.25 bits per heavy atom. The maximum absolute atomic E-state index is 6.19. The van der Waals surface area contributed by atoms with Gasteiger partial charge in [0.2, 0.25) is 0 Å². The fourth-order valence-electron chi connectivity index (χ4n) is 4.08. The van der Waals surface area contributed by atoms with Gasteiger partial charge in [-0.2, -0.15) is 0 Å². The summed E-state index contributed by atoms with van der Waals surface area (Å²) < 4.78 is 6.19. The van der Waals surface area contributed by atoms with Crippen LogP contribution in [0, 0.1) is 0 Å². The van der Waals surface area contributed by atoms with Crippen LogP contribution in [0.1, 0.15) is 5.56 Å². The molecule has 140 valence electrons. The highest BCUT2D eigenvalue weighted by Crippen LogP contribution is 2.36. The van der Waals surface area contributed by atoms with Crippen LogP contribution in [0.2, 0.25) is 0 Å². The minimum atomic E-state index is 0.925. The summed E-state index contributed by atoms with van der Waals surface area (Å²) in [5, 5.41) is 4.58. The number of nitrogens with one attached hydrogen (secondary N) is 1. The van der Waals surface area contributed by atoms with Crippen molar-refractivity contribution < 1.29 is 4.42 Å². The molecule has 1 aromatic heterocycles. The maximum atomic E-state index is 6.19. The predicted octanol–water partition coefficient (Wildman–Crippen LogP) is 5.17. The van der Waals surface area contributed by atoms with E-state index in [0.717, 1.165) is 55.0 Å². The average Bonchev–Trinajstić information content (AvgIpc) is 3.19. The Kier molecular flexibility index (Phi) is 4.69. The zero-order chi connectivity index (χ0) is 18.8. The third-order valence-electron chi connectivity index (χ3n) is 5.53. The van der Waals surface area contributed by atoms with Gasteiger partial charge >= 0.3 is 0 Å². The number of para-hydroxylation sites is 1. The van der Waals surface area contributed by atoms with Crippen LogP contribution >= 0.6 is 0 Å². The van der Waals surface area contributed by atoms with Crippen LogP contribution in [-0.4, -0.2) is 31.1 Å². The standard InChI is InChI=1S/C25H24N2O/c1-3-9-21(20(8-1)18-27-15-13-26-14-16-27)22-10-4-5-11-23(22)25-17-19-7-2-6-12-24(19)28-25/h1-12,17,26H,13-16,18H2. The van der Waals surface area contributed by atoms with Crippen molar-refractivity contribution in [3.05, 3.63) is 84.4 Å². The molecule has 1 aliphatic rings. The Hall–Kier alpha value is -2.88. The van der Waals surface area contributed by atoms with Crippen LogP contribution in [0.5, 0.6) is 0 Å². The van der Waals surface area contributed by atoms with Gasteiger partial charge in [0.05, 0.1) is 0 Å². The van der Waals surface area contributed by atoms with Crippen molar-refractivity contribution in [3.63, 3.8) is 0 Å². The van der Waals surface area contributed by atoms with E-state index in [4.69, 9.17) is 4.42 Å². The van der Waals surface area contributed by atoms with E-state index in [2.05, 4.69) is 76.9 Å². The predicted molar refractivity (Wildman–Crippen MR) is 115 cm³/mol. The van der Waals surface area contributed by atoms with Crippen molar-refractivity contribution in [1.82, 2.24) is 10.2 Å². The van der Waals surface area contributed by atoms with E-state index in [-0.39, 0.29) is 0 Å². The van der Waals surface area contributed by atoms with Crippen LogP contribution in [0.3, 0.4) is 0 Å². The fourth-order valence-corrected chi connectivity index (χ4v) is 4.08. The van der Waals surface area contributed by atoms with Gasteiger partial charge in [-0.25, -0.2) is 0 Å². The number of hydrogen-bond acceptors (Lipinski definition) is 3. The Balaban J connectivity index is 1.57. The van der Waals surface area contributed by atoms with Gasteiger partial charge in [0.25, 0.3) is 0 Å². The molecule has 0 saturated carbocycles. The Bertz CT molecular complexity index is 1060. The molecule has 0 atom stereocenters. The summed E-state index contributed by atoms with van der Waals surface area (Å²) in [6.07, 6.45) is 0. The van der Waals surface area contributed by atoms with Crippen LogP contribution in [-0.2, 0) is 6.54 Å². The number of furan rings is 1. The molecule has 1 fully saturated rings. The first kappa shape index (κ1) is 17.2. The lowest BCUT2D eigenvalue weighted by atomic mass is 9.94. The summed E-state index contributed by atoms with van der Waals surface area (Å²) >= 11 is 0. The van der Waals surface area contributed by atoms with Crippen LogP contribution in [0.4, 0.5) is 0 Å². The van der Waals surface area contributed by atoms with E-state index in [1.807, 2.05) is 12.1 Å². The van der Waals surface area contributed by atoms with Gasteiger partial charge in [-0.05, 0) is 28.8 Å². The van der Waals surface area contributed by atoms with Crippen molar-refractivity contribution in [2.75, 3.05) is 26.2 Å². The molecule has 1 N–H and O–H groups in total. The number of hydrogen-bond donors (Lipinski definition) is 1. The highest BCUT2D eigenvalue weighted by atomic mass is 16.3. The molecular weight excluding hydrogens is 344 g/mol. The minimum Gasteiger partial charge on any atom is -0.456 e. The molecule has 3 aromatic carbocycles. The second kappa shape index (κ2) is 7.63. The Morgan fingerprint density at radius 2 is 1.43 bits per heavy atom. The second-order valence-electron chi connectivity index (χ2n) is 7.38. The lowest BCUT2D eigenvalue weighted by Crippen LogP contribution is -2.42. The first-order valence-corrected chi connectivity index (χ1v) is 9.98. The molecule has 0 bridgehead atoms. The monoisotopic (exact) mass is 368 g/mol. The van der Waals surface area contributed by atoms with Gasteiger partial charge in [0.1, 0.15) is 11.3 Å². The summed E-state index contributed by atoms with van der Waals surface area (Å²) in [6, 6.07) is 27.7. The molecule has 3 heteroatoms. The molecule has 2 heterocycles. The molecule has 28 heavy (non-hydrogen) atoms. The molecule has 0 aliphatic carbocycles. The molecule has 0 unspecified atom stereocenters. The van der Waals surface area contributed by atoms with E-state index in [1.54, 1.807) is 0 Å². The zero-order valence-electron chi connectivity index (χ0n) is 15.9. The fraction of sp³-hybridized carbons (Fsp3) is 0.200. The van der Waals surface area contributed by atoms with Crippen LogP contribution < -0.4 is 5.32 Å². The van der Waals surface area contributed by atoms with Gasteiger partial charge in [-0.15, -0.1) is 0 Å². The highest BCUT2D eigenvalue weighted by molar-refractivity contribution is 5.88. The second-order valence-corrected chi connectivity index (χ2v) is 7.38. The van der Waals surface area contributed by atoms with E-state index >= 15 is 0 Å². The van der Waals surface area contributed by atoms with E-state index < -0.39 is 0 Å². The van der Waals surface area contributed by atoms with Crippen LogP contribution in [0.15, 0.2) is 83.3 Å². The Morgan fingerprint density at radius 1 is 0.750 bits per heavy atom. The summed E-state index contributed by atoms with van der Waals surface area (Å²) in [5.41, 5.74) is 5.96. The van der Waals surface area contributed by atoms with Gasteiger partial charge in [-0.3, -0.25) is 4.90 Å². The lowest BCUT2D eigenvalue weighted by molar-refractivity contribution is 0.233. The first-order valence-electron chi connectivity index (χ1n) is 9.98. The summed E-state index contributed by atoms with van der Waals surface area (Å²) in [5.74, 6) is 0.925. The van der Waals surface area contributed by atoms with Crippen molar-refractivity contribution in [2.45, 2.75) is 6.54 Å². The minimum absolute atomic E-state index is 0.925. The van der Waals surface area contributed by atoms with Gasteiger partial charge in [-0.1, -0.05) is 66.7 Å². The van der Waals surface area contributed by atoms with Crippen molar-refractivity contribution in [1.29, 1.82) is 0 Å². The van der Waals surface area contributed by atoms with E-state index in [1.165, 1.54) is 16.7 Å². The molecule has 0 amide bonds. The average molecular weight is 368 g/mol. The molecule has 0 radical (unpaired) electrons. The normalized spacial score (nSPS) is 15.1. The number of benzene rings is 3. The summed E-state index contributed by atoms with van der Waals surface area (Å²) in [6.45, 7) is 5.31. The van der Waals surface area contributed by atoms with Crippen LogP contribution in [0.25, 0.3) is 33.4 Å². The third-order valence-corrected chi connectivity index (χ3v) is 5.53. The van der Waals surface area contributed by atoms with E-state index in [9.17, 15) is 0 Å². The number of nitrogens with zero attached hydrogens (tertiary/aromatic N) is 1. The molecular formula is C25H24N2O. The van der Waals surface area contributed by atoms with Crippen molar-refractivity contribution in [3.8, 4) is 22.5 Å². The third kappa shape index (κ3) is 3.35. The van der Waals surface area contributed by atoms with Gasteiger partial charge in [0.15, 0.2) is 0 Å². The Labute approximate surface area is 165 Å². The van der Waals surface area contributed by atoms with Crippen molar-refractivity contribution in [2.24, 2.45) is 0 Å². The molecule has 1 aliphatic heterocycles. The highest BCUT2D eigenvalue weighted by Gasteiger charge is 2.16. The smallest absolute Gasteiger partial charge is 0.136 e. The summed E-state index contributed by atoms with van der Waals surface area (Å²) in [4.78, 5) is 2.53. The number of fused-ring (bicyclic) bond motifs is 1. The lowest BCUT2D eigenvalue weighted by Gasteiger charge is -2.28. The van der Waals surface area contributed by atoms with Gasteiger partial charge in [0, 0.05) is 43.7 Å². The molecule has 3 nitrogen and oxygen atoms in total. The number of piperazine rings is 1. The molecule has 0 spiro atoms.